The van der Waals surface area contributed by atoms with Gasteiger partial charge in [-0.25, -0.2) is 4.39 Å². The molecule has 4 aromatic rings. The Morgan fingerprint density at radius 1 is 1.17 bits per heavy atom. The fourth-order valence-electron chi connectivity index (χ4n) is 3.15. The summed E-state index contributed by atoms with van der Waals surface area (Å²) in [5, 5.41) is 8.29. The summed E-state index contributed by atoms with van der Waals surface area (Å²) < 4.78 is 26.4. The predicted octanol–water partition coefficient (Wildman–Crippen LogP) is 5.36. The van der Waals surface area contributed by atoms with Gasteiger partial charge in [0.05, 0.1) is 29.8 Å². The van der Waals surface area contributed by atoms with Crippen LogP contribution in [-0.4, -0.2) is 29.9 Å². The van der Waals surface area contributed by atoms with Crippen LogP contribution in [0.25, 0.3) is 21.5 Å². The number of benzene rings is 2. The number of nitrogens with zero attached hydrogens (tertiary/aromatic N) is 2. The SMILES string of the molecule is COc1cc(OC)c(NC(=O)c2cc3c(-c4ccccc4F)nn(C)c3s2)cc1Cl. The fourth-order valence-corrected chi connectivity index (χ4v) is 4.35. The van der Waals surface area contributed by atoms with Crippen LogP contribution >= 0.6 is 22.9 Å². The lowest BCUT2D eigenvalue weighted by Crippen LogP contribution is -2.11. The molecule has 0 bridgehead atoms. The van der Waals surface area contributed by atoms with Gasteiger partial charge >= 0.3 is 0 Å². The molecule has 0 aliphatic heterocycles. The second-order valence-corrected chi connectivity index (χ2v) is 7.86. The Morgan fingerprint density at radius 2 is 1.90 bits per heavy atom. The van der Waals surface area contributed by atoms with E-state index in [1.807, 2.05) is 0 Å². The number of rotatable bonds is 5. The van der Waals surface area contributed by atoms with Crippen molar-refractivity contribution in [3.05, 3.63) is 58.2 Å². The van der Waals surface area contributed by atoms with Crippen LogP contribution in [0.5, 0.6) is 11.5 Å². The lowest BCUT2D eigenvalue weighted by Gasteiger charge is -2.12. The summed E-state index contributed by atoms with van der Waals surface area (Å²) in [5.74, 6) is 0.149. The zero-order valence-corrected chi connectivity index (χ0v) is 17.9. The summed E-state index contributed by atoms with van der Waals surface area (Å²) in [7, 11) is 4.75. The number of ether oxygens (including phenoxy) is 2. The van der Waals surface area contributed by atoms with E-state index in [4.69, 9.17) is 21.1 Å². The number of amides is 1. The van der Waals surface area contributed by atoms with Crippen LogP contribution in [0.4, 0.5) is 10.1 Å². The Kier molecular flexibility index (Phi) is 5.36. The predicted molar refractivity (Wildman–Crippen MR) is 116 cm³/mol. The Balaban J connectivity index is 1.71. The summed E-state index contributed by atoms with van der Waals surface area (Å²) in [5.41, 5.74) is 1.29. The second kappa shape index (κ2) is 7.97. The molecule has 0 radical (unpaired) electrons. The average Bonchev–Trinajstić information content (AvgIpc) is 3.29. The van der Waals surface area contributed by atoms with Crippen molar-refractivity contribution < 1.29 is 18.7 Å². The number of carbonyl (C=O) groups is 1. The maximum absolute atomic E-state index is 14.3. The quantitative estimate of drug-likeness (QED) is 0.449. The van der Waals surface area contributed by atoms with E-state index in [1.165, 1.54) is 31.6 Å². The number of carbonyl (C=O) groups excluding carboxylic acids is 1. The molecular weight excluding hydrogens is 429 g/mol. The first-order valence-electron chi connectivity index (χ1n) is 8.87. The Bertz CT molecular complexity index is 1270. The zero-order valence-electron chi connectivity index (χ0n) is 16.3. The first kappa shape index (κ1) is 20.2. The van der Waals surface area contributed by atoms with Gasteiger partial charge in [-0.05, 0) is 24.3 Å². The van der Waals surface area contributed by atoms with E-state index in [0.717, 1.165) is 4.83 Å². The number of nitrogens with one attached hydrogen (secondary N) is 1. The standard InChI is InChI=1S/C21H17ClFN3O3S/c1-26-21-12(19(25-26)11-6-4-5-7-14(11)23)8-18(30-21)20(27)24-15-9-13(22)16(28-2)10-17(15)29-3/h4-10H,1-3H3,(H,24,27). The summed E-state index contributed by atoms with van der Waals surface area (Å²) in [6, 6.07) is 11.3. The van der Waals surface area contributed by atoms with Gasteiger partial charge < -0.3 is 14.8 Å². The minimum Gasteiger partial charge on any atom is -0.495 e. The molecular formula is C21H17ClFN3O3S. The van der Waals surface area contributed by atoms with E-state index in [2.05, 4.69) is 10.4 Å². The third-order valence-electron chi connectivity index (χ3n) is 4.59. The molecule has 2 heterocycles. The van der Waals surface area contributed by atoms with E-state index in [0.29, 0.717) is 43.7 Å². The normalized spacial score (nSPS) is 11.0. The first-order valence-corrected chi connectivity index (χ1v) is 10.1. The zero-order chi connectivity index (χ0) is 21.4. The van der Waals surface area contributed by atoms with E-state index >= 15 is 0 Å². The van der Waals surface area contributed by atoms with Crippen molar-refractivity contribution in [2.24, 2.45) is 7.05 Å². The maximum atomic E-state index is 14.3. The number of hydrogen-bond donors (Lipinski definition) is 1. The van der Waals surface area contributed by atoms with Crippen LogP contribution in [0.2, 0.25) is 5.02 Å². The maximum Gasteiger partial charge on any atom is 0.265 e. The topological polar surface area (TPSA) is 65.4 Å². The molecule has 0 spiro atoms. The monoisotopic (exact) mass is 445 g/mol. The molecule has 1 N–H and O–H groups in total. The molecule has 0 aliphatic carbocycles. The van der Waals surface area contributed by atoms with Crippen LogP contribution < -0.4 is 14.8 Å². The molecule has 0 fully saturated rings. The number of halogens is 2. The van der Waals surface area contributed by atoms with Gasteiger partial charge in [0.1, 0.15) is 27.8 Å². The molecule has 0 atom stereocenters. The summed E-state index contributed by atoms with van der Waals surface area (Å²) in [6.45, 7) is 0. The highest BCUT2D eigenvalue weighted by Gasteiger charge is 2.21. The highest BCUT2D eigenvalue weighted by atomic mass is 35.5. The van der Waals surface area contributed by atoms with Gasteiger partial charge in [-0.3, -0.25) is 9.48 Å². The van der Waals surface area contributed by atoms with Crippen molar-refractivity contribution in [1.29, 1.82) is 0 Å². The molecule has 1 amide bonds. The van der Waals surface area contributed by atoms with Crippen LogP contribution in [0, 0.1) is 5.82 Å². The van der Waals surface area contributed by atoms with Crippen molar-refractivity contribution in [3.8, 4) is 22.8 Å². The molecule has 0 saturated heterocycles. The molecule has 9 heteroatoms. The lowest BCUT2D eigenvalue weighted by molar-refractivity contribution is 0.103. The van der Waals surface area contributed by atoms with Gasteiger partial charge in [-0.1, -0.05) is 23.7 Å². The number of aromatic nitrogens is 2. The van der Waals surface area contributed by atoms with Crippen LogP contribution in [0.1, 0.15) is 9.67 Å². The molecule has 0 unspecified atom stereocenters. The van der Waals surface area contributed by atoms with Gasteiger partial charge in [0.25, 0.3) is 5.91 Å². The first-order chi connectivity index (χ1) is 14.4. The third kappa shape index (κ3) is 3.48. The molecule has 0 aliphatic rings. The molecule has 30 heavy (non-hydrogen) atoms. The summed E-state index contributed by atoms with van der Waals surface area (Å²) in [4.78, 5) is 14.1. The highest BCUT2D eigenvalue weighted by molar-refractivity contribution is 7.20. The number of methoxy groups -OCH3 is 2. The Morgan fingerprint density at radius 3 is 2.60 bits per heavy atom. The second-order valence-electron chi connectivity index (χ2n) is 6.42. The van der Waals surface area contributed by atoms with Crippen molar-refractivity contribution in [3.63, 3.8) is 0 Å². The minimum absolute atomic E-state index is 0.338. The number of thiophene rings is 1. The van der Waals surface area contributed by atoms with Crippen LogP contribution in [0.3, 0.4) is 0 Å². The van der Waals surface area contributed by atoms with Gasteiger partial charge in [0.2, 0.25) is 0 Å². The van der Waals surface area contributed by atoms with Crippen molar-refractivity contribution >= 4 is 44.7 Å². The largest absolute Gasteiger partial charge is 0.495 e. The van der Waals surface area contributed by atoms with Gasteiger partial charge in [-0.15, -0.1) is 11.3 Å². The fraction of sp³-hybridized carbons (Fsp3) is 0.143. The molecule has 0 saturated carbocycles. The van der Waals surface area contributed by atoms with Gasteiger partial charge in [0, 0.05) is 24.1 Å². The van der Waals surface area contributed by atoms with E-state index in [1.54, 1.807) is 48.1 Å². The molecule has 2 aromatic heterocycles. The number of anilines is 1. The molecule has 2 aromatic carbocycles. The van der Waals surface area contributed by atoms with E-state index in [-0.39, 0.29) is 11.7 Å². The van der Waals surface area contributed by atoms with Crippen molar-refractivity contribution in [2.45, 2.75) is 0 Å². The van der Waals surface area contributed by atoms with Crippen LogP contribution in [-0.2, 0) is 7.05 Å². The van der Waals surface area contributed by atoms with Crippen molar-refractivity contribution in [2.75, 3.05) is 19.5 Å². The van der Waals surface area contributed by atoms with Crippen molar-refractivity contribution in [1.82, 2.24) is 9.78 Å². The number of hydrogen-bond acceptors (Lipinski definition) is 5. The average molecular weight is 446 g/mol. The third-order valence-corrected chi connectivity index (χ3v) is 6.08. The van der Waals surface area contributed by atoms with E-state index in [9.17, 15) is 9.18 Å². The summed E-state index contributed by atoms with van der Waals surface area (Å²) in [6.07, 6.45) is 0. The van der Waals surface area contributed by atoms with Gasteiger partial charge in [-0.2, -0.15) is 5.10 Å². The smallest absolute Gasteiger partial charge is 0.265 e. The Hall–Kier alpha value is -3.10. The molecule has 154 valence electrons. The highest BCUT2D eigenvalue weighted by Crippen LogP contribution is 2.38. The minimum atomic E-state index is -0.368. The van der Waals surface area contributed by atoms with Gasteiger partial charge in [0.15, 0.2) is 0 Å². The summed E-state index contributed by atoms with van der Waals surface area (Å²) >= 11 is 7.45. The molecule has 4 rings (SSSR count). The van der Waals surface area contributed by atoms with E-state index < -0.39 is 0 Å². The molecule has 6 nitrogen and oxygen atoms in total. The number of fused-ring (bicyclic) bond motifs is 1. The van der Waals surface area contributed by atoms with Crippen LogP contribution in [0.15, 0.2) is 42.5 Å². The number of aryl methyl sites for hydroxylation is 1. The lowest BCUT2D eigenvalue weighted by atomic mass is 10.1. The Labute approximate surface area is 180 Å².